The second kappa shape index (κ2) is 10.2. The molecular weight excluding hydrogens is 352 g/mol. The molecule has 2 aliphatic heterocycles. The molecule has 6 nitrogen and oxygen atoms in total. The monoisotopic (exact) mass is 384 g/mol. The molecule has 1 N–H and O–H groups in total. The van der Waals surface area contributed by atoms with Gasteiger partial charge in [-0.15, -0.1) is 0 Å². The Morgan fingerprint density at radius 1 is 1.11 bits per heavy atom. The molecule has 152 valence electrons. The molecular formula is C22H32N4O2. The molecule has 0 unspecified atom stereocenters. The zero-order chi connectivity index (χ0) is 19.8. The number of rotatable bonds is 6. The third kappa shape index (κ3) is 5.57. The summed E-state index contributed by atoms with van der Waals surface area (Å²) in [4.78, 5) is 32.2. The second-order valence-electron chi connectivity index (χ2n) is 7.65. The Morgan fingerprint density at radius 2 is 1.79 bits per heavy atom. The minimum Gasteiger partial charge on any atom is -0.357 e. The quantitative estimate of drug-likeness (QED) is 0.465. The SMILES string of the molecule is CCNC(=NCCN1C(=O)CCCC1=O)N1CCC(Cc2ccccc2)CC1. The van der Waals surface area contributed by atoms with Crippen LogP contribution in [0.5, 0.6) is 0 Å². The average molecular weight is 385 g/mol. The van der Waals surface area contributed by atoms with Crippen molar-refractivity contribution in [1.82, 2.24) is 15.1 Å². The van der Waals surface area contributed by atoms with Gasteiger partial charge in [-0.3, -0.25) is 19.5 Å². The summed E-state index contributed by atoms with van der Waals surface area (Å²) in [6, 6.07) is 10.7. The summed E-state index contributed by atoms with van der Waals surface area (Å²) in [7, 11) is 0. The van der Waals surface area contributed by atoms with E-state index < -0.39 is 0 Å². The lowest BCUT2D eigenvalue weighted by Gasteiger charge is -2.34. The van der Waals surface area contributed by atoms with E-state index in [-0.39, 0.29) is 11.8 Å². The minimum atomic E-state index is -0.0572. The molecule has 0 bridgehead atoms. The Kier molecular flexibility index (Phi) is 7.46. The highest BCUT2D eigenvalue weighted by atomic mass is 16.2. The van der Waals surface area contributed by atoms with Gasteiger partial charge in [0.25, 0.3) is 0 Å². The van der Waals surface area contributed by atoms with Crippen molar-refractivity contribution in [2.45, 2.75) is 45.4 Å². The predicted molar refractivity (Wildman–Crippen MR) is 111 cm³/mol. The number of amides is 2. The van der Waals surface area contributed by atoms with Crippen LogP contribution in [0.25, 0.3) is 0 Å². The van der Waals surface area contributed by atoms with Crippen molar-refractivity contribution in [2.75, 3.05) is 32.7 Å². The van der Waals surface area contributed by atoms with Gasteiger partial charge in [-0.25, -0.2) is 0 Å². The third-order valence-corrected chi connectivity index (χ3v) is 5.58. The van der Waals surface area contributed by atoms with E-state index in [0.717, 1.165) is 44.9 Å². The molecule has 3 rings (SSSR count). The fourth-order valence-electron chi connectivity index (χ4n) is 4.03. The molecule has 2 fully saturated rings. The topological polar surface area (TPSA) is 65.0 Å². The van der Waals surface area contributed by atoms with Crippen LogP contribution in [0, 0.1) is 5.92 Å². The molecule has 0 atom stereocenters. The normalized spacial score (nSPS) is 19.2. The number of hydrogen-bond donors (Lipinski definition) is 1. The molecule has 2 saturated heterocycles. The first-order chi connectivity index (χ1) is 13.7. The standard InChI is InChI=1S/C22H32N4O2/c1-2-23-22(24-13-16-26-20(27)9-6-10-21(26)28)25-14-11-19(12-15-25)17-18-7-4-3-5-8-18/h3-5,7-8,19H,2,6,9-17H2,1H3,(H,23,24). The van der Waals surface area contributed by atoms with Crippen molar-refractivity contribution >= 4 is 17.8 Å². The van der Waals surface area contributed by atoms with E-state index in [0.29, 0.717) is 38.3 Å². The zero-order valence-electron chi connectivity index (χ0n) is 16.9. The highest BCUT2D eigenvalue weighted by Crippen LogP contribution is 2.21. The number of nitrogens with one attached hydrogen (secondary N) is 1. The van der Waals surface area contributed by atoms with Gasteiger partial charge in [-0.05, 0) is 44.1 Å². The molecule has 2 aliphatic rings. The molecule has 28 heavy (non-hydrogen) atoms. The van der Waals surface area contributed by atoms with Gasteiger partial charge >= 0.3 is 0 Å². The summed E-state index contributed by atoms with van der Waals surface area (Å²) < 4.78 is 0. The van der Waals surface area contributed by atoms with E-state index in [9.17, 15) is 9.59 Å². The lowest BCUT2D eigenvalue weighted by atomic mass is 9.90. The minimum absolute atomic E-state index is 0.0572. The van der Waals surface area contributed by atoms with Crippen molar-refractivity contribution in [3.8, 4) is 0 Å². The van der Waals surface area contributed by atoms with Gasteiger partial charge in [0.1, 0.15) is 0 Å². The number of imide groups is 1. The molecule has 0 aliphatic carbocycles. The number of carbonyl (C=O) groups excluding carboxylic acids is 2. The number of benzene rings is 1. The molecule has 1 aromatic carbocycles. The van der Waals surface area contributed by atoms with Crippen LogP contribution in [0.15, 0.2) is 35.3 Å². The number of carbonyl (C=O) groups is 2. The maximum atomic E-state index is 11.9. The van der Waals surface area contributed by atoms with Crippen LogP contribution in [0.2, 0.25) is 0 Å². The number of likely N-dealkylation sites (tertiary alicyclic amines) is 2. The Bertz CT molecular complexity index is 665. The van der Waals surface area contributed by atoms with Gasteiger partial charge in [0.2, 0.25) is 11.8 Å². The molecule has 0 saturated carbocycles. The van der Waals surface area contributed by atoms with Crippen molar-refractivity contribution in [3.63, 3.8) is 0 Å². The number of aliphatic imine (C=N–C) groups is 1. The van der Waals surface area contributed by atoms with Crippen LogP contribution in [0.3, 0.4) is 0 Å². The zero-order valence-corrected chi connectivity index (χ0v) is 16.9. The molecule has 1 aromatic rings. The maximum absolute atomic E-state index is 11.9. The average Bonchev–Trinajstić information content (AvgIpc) is 2.71. The fraction of sp³-hybridized carbons (Fsp3) is 0.591. The van der Waals surface area contributed by atoms with E-state index in [4.69, 9.17) is 4.99 Å². The highest BCUT2D eigenvalue weighted by molar-refractivity contribution is 5.97. The summed E-state index contributed by atoms with van der Waals surface area (Å²) in [6.07, 6.45) is 5.08. The summed E-state index contributed by atoms with van der Waals surface area (Å²) in [6.45, 7) is 5.70. The molecule has 0 radical (unpaired) electrons. The second-order valence-corrected chi connectivity index (χ2v) is 7.65. The lowest BCUT2D eigenvalue weighted by Crippen LogP contribution is -2.46. The largest absolute Gasteiger partial charge is 0.357 e. The third-order valence-electron chi connectivity index (χ3n) is 5.58. The Hall–Kier alpha value is -2.37. The van der Waals surface area contributed by atoms with E-state index >= 15 is 0 Å². The summed E-state index contributed by atoms with van der Waals surface area (Å²) in [5, 5.41) is 3.36. The first kappa shape index (κ1) is 20.4. The smallest absolute Gasteiger partial charge is 0.229 e. The lowest BCUT2D eigenvalue weighted by molar-refractivity contribution is -0.147. The van der Waals surface area contributed by atoms with Gasteiger partial charge in [-0.1, -0.05) is 30.3 Å². The van der Waals surface area contributed by atoms with Crippen molar-refractivity contribution in [1.29, 1.82) is 0 Å². The van der Waals surface area contributed by atoms with Gasteiger partial charge in [0.15, 0.2) is 5.96 Å². The van der Waals surface area contributed by atoms with Crippen LogP contribution in [-0.2, 0) is 16.0 Å². The Morgan fingerprint density at radius 3 is 2.43 bits per heavy atom. The predicted octanol–water partition coefficient (Wildman–Crippen LogP) is 2.45. The van der Waals surface area contributed by atoms with Crippen LogP contribution in [-0.4, -0.2) is 60.3 Å². The van der Waals surface area contributed by atoms with Gasteiger partial charge < -0.3 is 10.2 Å². The molecule has 6 heteroatoms. The molecule has 0 spiro atoms. The number of piperidine rings is 2. The highest BCUT2D eigenvalue weighted by Gasteiger charge is 2.25. The van der Waals surface area contributed by atoms with Crippen LogP contribution in [0.4, 0.5) is 0 Å². The van der Waals surface area contributed by atoms with Crippen molar-refractivity contribution < 1.29 is 9.59 Å². The van der Waals surface area contributed by atoms with Crippen LogP contribution < -0.4 is 5.32 Å². The Balaban J connectivity index is 1.50. The van der Waals surface area contributed by atoms with E-state index in [2.05, 4.69) is 47.5 Å². The number of guanidine groups is 1. The van der Waals surface area contributed by atoms with Crippen molar-refractivity contribution in [2.24, 2.45) is 10.9 Å². The summed E-state index contributed by atoms with van der Waals surface area (Å²) >= 11 is 0. The Labute approximate surface area is 168 Å². The first-order valence-corrected chi connectivity index (χ1v) is 10.6. The number of nitrogens with zero attached hydrogens (tertiary/aromatic N) is 3. The van der Waals surface area contributed by atoms with Crippen LogP contribution in [0.1, 0.15) is 44.6 Å². The number of hydrogen-bond acceptors (Lipinski definition) is 3. The molecule has 0 aromatic heterocycles. The molecule has 2 heterocycles. The van der Waals surface area contributed by atoms with E-state index in [1.54, 1.807) is 0 Å². The van der Waals surface area contributed by atoms with Gasteiger partial charge in [0.05, 0.1) is 6.54 Å². The summed E-state index contributed by atoms with van der Waals surface area (Å²) in [5.41, 5.74) is 1.41. The maximum Gasteiger partial charge on any atom is 0.229 e. The fourth-order valence-corrected chi connectivity index (χ4v) is 4.03. The first-order valence-electron chi connectivity index (χ1n) is 10.6. The van der Waals surface area contributed by atoms with E-state index in [1.165, 1.54) is 10.5 Å². The van der Waals surface area contributed by atoms with Crippen molar-refractivity contribution in [3.05, 3.63) is 35.9 Å². The van der Waals surface area contributed by atoms with Gasteiger partial charge in [0, 0.05) is 39.0 Å². The van der Waals surface area contributed by atoms with E-state index in [1.807, 2.05) is 0 Å². The van der Waals surface area contributed by atoms with Crippen LogP contribution >= 0.6 is 0 Å². The molecule has 2 amide bonds. The summed E-state index contributed by atoms with van der Waals surface area (Å²) in [5.74, 6) is 1.50. The van der Waals surface area contributed by atoms with Gasteiger partial charge in [-0.2, -0.15) is 0 Å².